The molecule has 0 unspecified atom stereocenters. The van der Waals surface area contributed by atoms with Crippen LogP contribution >= 0.6 is 0 Å². The number of aliphatic hydroxyl groups is 3. The van der Waals surface area contributed by atoms with Crippen LogP contribution in [-0.4, -0.2) is 140 Å². The van der Waals surface area contributed by atoms with Crippen LogP contribution in [0.25, 0.3) is 0 Å². The number of phenols is 1. The standard InChI is InChI=1S/3C12H18F6O3.C11H16F6O2.C11H16O.CH4/c3*1-6-8(2,3)7(19)21-9(4,5)10(20,11(13,14)15)12(16,17)18;1-4-9(2,3)8(18)19-6-10(14,15)5-11(16,17)7(12)13;1-4-11(2,3)9-5-7-10(12)8-6-9;/h3*20H,6H2,1-5H3;7H,4-6H2,1-3H3;5-8,12H,4H2,1-3H3;1H4. The Kier molecular flexibility index (Phi) is 34.2. The molecule has 12 nitrogen and oxygen atoms in total. The van der Waals surface area contributed by atoms with Gasteiger partial charge < -0.3 is 39.4 Å². The minimum Gasteiger partial charge on any atom is -0.508 e. The highest BCUT2D eigenvalue weighted by Crippen LogP contribution is 2.54. The topological polar surface area (TPSA) is 186 Å². The minimum atomic E-state index is -6.06. The Labute approximate surface area is 536 Å². The van der Waals surface area contributed by atoms with Crippen molar-refractivity contribution in [1.29, 1.82) is 0 Å². The summed E-state index contributed by atoms with van der Waals surface area (Å²) in [6.45, 7) is 24.1. The molecule has 0 aliphatic carbocycles. The van der Waals surface area contributed by atoms with Crippen LogP contribution in [0.3, 0.4) is 0 Å². The van der Waals surface area contributed by atoms with Crippen molar-refractivity contribution in [1.82, 2.24) is 0 Å². The first kappa shape index (κ1) is 98.8. The van der Waals surface area contributed by atoms with Gasteiger partial charge in [-0.3, -0.25) is 19.2 Å². The van der Waals surface area contributed by atoms with Crippen molar-refractivity contribution in [3.63, 3.8) is 0 Å². The summed E-state index contributed by atoms with van der Waals surface area (Å²) in [5.41, 5.74) is -28.6. The van der Waals surface area contributed by atoms with Crippen LogP contribution in [-0.2, 0) is 43.5 Å². The Hall–Kier alpha value is -4.90. The highest BCUT2D eigenvalue weighted by Gasteiger charge is 2.81. The number of esters is 4. The van der Waals surface area contributed by atoms with Crippen LogP contribution in [0.15, 0.2) is 24.3 Å². The Morgan fingerprint density at radius 3 is 0.768 bits per heavy atom. The zero-order valence-corrected chi connectivity index (χ0v) is 55.5. The van der Waals surface area contributed by atoms with E-state index in [0.29, 0.717) is 53.7 Å². The molecular formula is C59H90F24O12. The van der Waals surface area contributed by atoms with Crippen LogP contribution in [0, 0.1) is 21.7 Å². The average Bonchev–Trinajstić information content (AvgIpc) is 0.745. The maximum absolute atomic E-state index is 13.0. The molecule has 0 saturated heterocycles. The molecule has 0 fully saturated rings. The molecule has 0 bridgehead atoms. The van der Waals surface area contributed by atoms with Crippen LogP contribution < -0.4 is 0 Å². The first-order valence-electron chi connectivity index (χ1n) is 28.0. The van der Waals surface area contributed by atoms with Gasteiger partial charge in [-0.05, 0) is 152 Å². The van der Waals surface area contributed by atoms with Crippen molar-refractivity contribution in [3.8, 4) is 5.75 Å². The lowest BCUT2D eigenvalue weighted by Crippen LogP contribution is -2.70. The van der Waals surface area contributed by atoms with E-state index in [1.165, 1.54) is 81.7 Å². The van der Waals surface area contributed by atoms with E-state index in [1.54, 1.807) is 19.1 Å². The van der Waals surface area contributed by atoms with E-state index in [1.807, 2.05) is 12.1 Å². The number of benzene rings is 1. The van der Waals surface area contributed by atoms with Crippen LogP contribution in [0.5, 0.6) is 5.75 Å². The number of aromatic hydroxyl groups is 1. The Bertz CT molecular complexity index is 2330. The number of phenolic OH excluding ortho intramolecular Hbond substituents is 1. The molecule has 0 aliphatic heterocycles. The number of carbonyl (C=O) groups excluding carboxylic acids is 4. The fourth-order valence-corrected chi connectivity index (χ4v) is 6.39. The highest BCUT2D eigenvalue weighted by atomic mass is 19.4. The molecule has 0 radical (unpaired) electrons. The zero-order chi connectivity index (χ0) is 77.1. The minimum absolute atomic E-state index is 0. The van der Waals surface area contributed by atoms with E-state index < -0.39 is 147 Å². The van der Waals surface area contributed by atoms with Gasteiger partial charge in [0.05, 0.1) is 28.1 Å². The van der Waals surface area contributed by atoms with Crippen LogP contribution in [0.2, 0.25) is 0 Å². The van der Waals surface area contributed by atoms with E-state index in [9.17, 15) is 140 Å². The number of hydrogen-bond donors (Lipinski definition) is 4. The van der Waals surface area contributed by atoms with E-state index in [0.717, 1.165) is 6.42 Å². The summed E-state index contributed by atoms with van der Waals surface area (Å²) >= 11 is 0. The summed E-state index contributed by atoms with van der Waals surface area (Å²) < 4.78 is 322. The van der Waals surface area contributed by atoms with Gasteiger partial charge in [-0.25, -0.2) is 26.3 Å². The molecule has 566 valence electrons. The molecular weight excluding hydrogens is 1360 g/mol. The van der Waals surface area contributed by atoms with Gasteiger partial charge in [-0.15, -0.1) is 0 Å². The lowest BCUT2D eigenvalue weighted by atomic mass is 9.82. The van der Waals surface area contributed by atoms with E-state index in [4.69, 9.17) is 5.11 Å². The summed E-state index contributed by atoms with van der Waals surface area (Å²) in [7, 11) is 0. The van der Waals surface area contributed by atoms with Gasteiger partial charge in [0.15, 0.2) is 23.4 Å². The number of hydrogen-bond acceptors (Lipinski definition) is 12. The highest BCUT2D eigenvalue weighted by molar-refractivity contribution is 5.77. The van der Waals surface area contributed by atoms with E-state index >= 15 is 0 Å². The molecule has 0 aromatic heterocycles. The van der Waals surface area contributed by atoms with Crippen molar-refractivity contribution in [2.24, 2.45) is 21.7 Å². The maximum atomic E-state index is 13.0. The van der Waals surface area contributed by atoms with Gasteiger partial charge in [-0.2, -0.15) is 79.0 Å². The largest absolute Gasteiger partial charge is 0.508 e. The maximum Gasteiger partial charge on any atom is 0.430 e. The predicted molar refractivity (Wildman–Crippen MR) is 298 cm³/mol. The lowest BCUT2D eigenvalue weighted by molar-refractivity contribution is -0.408. The quantitative estimate of drug-likeness (QED) is 0.0519. The molecule has 0 heterocycles. The third-order valence-corrected chi connectivity index (χ3v) is 15.6. The van der Waals surface area contributed by atoms with Gasteiger partial charge in [0.1, 0.15) is 5.75 Å². The lowest BCUT2D eigenvalue weighted by Gasteiger charge is -2.44. The monoisotopic (exact) mass is 1450 g/mol. The van der Waals surface area contributed by atoms with Gasteiger partial charge in [0.25, 0.3) is 22.7 Å². The average molecular weight is 1450 g/mol. The normalized spacial score (nSPS) is 14.2. The Balaban J connectivity index is -0.000000358. The summed E-state index contributed by atoms with van der Waals surface area (Å²) in [5.74, 6) is -13.5. The fourth-order valence-electron chi connectivity index (χ4n) is 6.39. The van der Waals surface area contributed by atoms with Gasteiger partial charge in [0, 0.05) is 0 Å². The second kappa shape index (κ2) is 32.8. The van der Waals surface area contributed by atoms with Gasteiger partial charge >= 0.3 is 73.3 Å². The third-order valence-electron chi connectivity index (χ3n) is 15.6. The zero-order valence-electron chi connectivity index (χ0n) is 55.5. The first-order chi connectivity index (χ1) is 40.7. The molecule has 36 heteroatoms. The molecule has 0 amide bonds. The SMILES string of the molecule is C.CCC(C)(C)C(=O)OC(C)(C)C(O)(C(F)(F)F)C(F)(F)F.CCC(C)(C)C(=O)OC(C)(C)C(O)(C(F)(F)F)C(F)(F)F.CCC(C)(C)C(=O)OC(C)(C)C(O)(C(F)(F)F)C(F)(F)F.CCC(C)(C)C(=O)OCC(F)(F)CC(F)(F)C(F)F.CCC(C)(C)c1ccc(O)cc1. The molecule has 95 heavy (non-hydrogen) atoms. The van der Waals surface area contributed by atoms with Crippen LogP contribution in [0.4, 0.5) is 105 Å². The Morgan fingerprint density at radius 2 is 0.589 bits per heavy atom. The number of rotatable bonds is 21. The van der Waals surface area contributed by atoms with E-state index in [2.05, 4.69) is 39.7 Å². The van der Waals surface area contributed by atoms with Crippen molar-refractivity contribution in [2.75, 3.05) is 6.61 Å². The second-order valence-electron chi connectivity index (χ2n) is 26.2. The summed E-state index contributed by atoms with van der Waals surface area (Å²) in [6, 6.07) is 7.46. The molecule has 0 saturated carbocycles. The number of halogens is 24. The summed E-state index contributed by atoms with van der Waals surface area (Å²) in [4.78, 5) is 46.6. The van der Waals surface area contributed by atoms with Gasteiger partial charge in [-0.1, -0.05) is 68.0 Å². The molecule has 1 aromatic rings. The van der Waals surface area contributed by atoms with Crippen molar-refractivity contribution in [3.05, 3.63) is 29.8 Å². The second-order valence-corrected chi connectivity index (χ2v) is 26.2. The summed E-state index contributed by atoms with van der Waals surface area (Å²) in [5, 5.41) is 36.9. The molecule has 0 spiro atoms. The first-order valence-corrected chi connectivity index (χ1v) is 28.0. The smallest absolute Gasteiger partial charge is 0.430 e. The summed E-state index contributed by atoms with van der Waals surface area (Å²) in [6.07, 6.45) is -41.1. The van der Waals surface area contributed by atoms with E-state index in [-0.39, 0.29) is 32.1 Å². The third kappa shape index (κ3) is 25.1. The fraction of sp³-hybridized carbons (Fsp3) is 0.831. The van der Waals surface area contributed by atoms with Crippen molar-refractivity contribution in [2.45, 2.75) is 286 Å². The molecule has 4 N–H and O–H groups in total. The number of ether oxygens (including phenoxy) is 4. The van der Waals surface area contributed by atoms with Crippen molar-refractivity contribution < 1.29 is 164 Å². The van der Waals surface area contributed by atoms with Gasteiger partial charge in [0.2, 0.25) is 0 Å². The van der Waals surface area contributed by atoms with Crippen LogP contribution in [0.1, 0.15) is 197 Å². The van der Waals surface area contributed by atoms with Crippen molar-refractivity contribution >= 4 is 23.9 Å². The number of alkyl halides is 24. The molecule has 1 rings (SSSR count). The molecule has 0 aliphatic rings. The predicted octanol–water partition coefficient (Wildman–Crippen LogP) is 18.4. The molecule has 1 aromatic carbocycles. The number of carbonyl (C=O) groups is 4. The Morgan fingerprint density at radius 1 is 0.379 bits per heavy atom. The molecule has 0 atom stereocenters.